The molecule has 0 aromatic rings. The lowest BCUT2D eigenvalue weighted by atomic mass is 9.59. The third kappa shape index (κ3) is 2.19. The van der Waals surface area contributed by atoms with Crippen LogP contribution in [-0.2, 0) is 19.1 Å². The second kappa shape index (κ2) is 5.82. The van der Waals surface area contributed by atoms with E-state index in [0.29, 0.717) is 13.2 Å². The zero-order valence-corrected chi connectivity index (χ0v) is 13.5. The quantitative estimate of drug-likeness (QED) is 0.558. The number of rotatable bonds is 6. The number of hydrogen-bond donors (Lipinski definition) is 0. The van der Waals surface area contributed by atoms with Crippen LogP contribution in [0, 0.1) is 22.7 Å². The van der Waals surface area contributed by atoms with Crippen LogP contribution >= 0.6 is 0 Å². The van der Waals surface area contributed by atoms with Crippen molar-refractivity contribution in [3.8, 4) is 0 Å². The highest BCUT2D eigenvalue weighted by molar-refractivity contribution is 5.90. The third-order valence-electron chi connectivity index (χ3n) is 5.37. The molecule has 2 rings (SSSR count). The molecule has 0 heterocycles. The van der Waals surface area contributed by atoms with Gasteiger partial charge in [0, 0.05) is 0 Å². The highest BCUT2D eigenvalue weighted by atomic mass is 16.5. The summed E-state index contributed by atoms with van der Waals surface area (Å²) in [7, 11) is 0. The number of ether oxygens (including phenoxy) is 2. The first-order chi connectivity index (χ1) is 9.92. The summed E-state index contributed by atoms with van der Waals surface area (Å²) in [6.07, 6.45) is 6.51. The number of allylic oxidation sites excluding steroid dienone is 2. The number of hydrogen-bond acceptors (Lipinski definition) is 4. The molecule has 118 valence electrons. The molecule has 4 atom stereocenters. The summed E-state index contributed by atoms with van der Waals surface area (Å²) in [4.78, 5) is 25.3. The maximum atomic E-state index is 12.6. The molecule has 0 aromatic heterocycles. The zero-order chi connectivity index (χ0) is 15.7. The molecule has 0 saturated heterocycles. The van der Waals surface area contributed by atoms with E-state index in [4.69, 9.17) is 9.47 Å². The summed E-state index contributed by atoms with van der Waals surface area (Å²) >= 11 is 0. The minimum absolute atomic E-state index is 0.0611. The van der Waals surface area contributed by atoms with Crippen molar-refractivity contribution in [1.29, 1.82) is 0 Å². The van der Waals surface area contributed by atoms with Gasteiger partial charge in [-0.15, -0.1) is 0 Å². The average Bonchev–Trinajstić information content (AvgIpc) is 3.05. The summed E-state index contributed by atoms with van der Waals surface area (Å²) in [6, 6.07) is 0. The molecule has 21 heavy (non-hydrogen) atoms. The van der Waals surface area contributed by atoms with Crippen molar-refractivity contribution >= 4 is 11.9 Å². The molecule has 2 bridgehead atoms. The van der Waals surface area contributed by atoms with E-state index in [-0.39, 0.29) is 23.8 Å². The van der Waals surface area contributed by atoms with E-state index in [9.17, 15) is 9.59 Å². The number of esters is 2. The lowest BCUT2D eigenvalue weighted by Crippen LogP contribution is -2.53. The fourth-order valence-corrected chi connectivity index (χ4v) is 3.74. The van der Waals surface area contributed by atoms with Gasteiger partial charge in [-0.25, -0.2) is 0 Å². The summed E-state index contributed by atoms with van der Waals surface area (Å²) in [5.74, 6) is -0.411. The fraction of sp³-hybridized carbons (Fsp3) is 0.765. The Kier molecular flexibility index (Phi) is 4.45. The molecule has 0 aromatic carbocycles. The van der Waals surface area contributed by atoms with E-state index in [2.05, 4.69) is 12.2 Å². The normalized spacial score (nSPS) is 36.8. The maximum absolute atomic E-state index is 12.6. The van der Waals surface area contributed by atoms with Crippen LogP contribution in [0.4, 0.5) is 0 Å². The van der Waals surface area contributed by atoms with Crippen LogP contribution in [-0.4, -0.2) is 25.2 Å². The Labute approximate surface area is 126 Å². The smallest absolute Gasteiger partial charge is 0.313 e. The highest BCUT2D eigenvalue weighted by Crippen LogP contribution is 2.64. The lowest BCUT2D eigenvalue weighted by molar-refractivity contribution is -0.180. The van der Waals surface area contributed by atoms with Gasteiger partial charge in [0.2, 0.25) is 0 Å². The van der Waals surface area contributed by atoms with Gasteiger partial charge in [-0.2, -0.15) is 0 Å². The van der Waals surface area contributed by atoms with Gasteiger partial charge in [-0.1, -0.05) is 26.0 Å². The Morgan fingerprint density at radius 1 is 0.952 bits per heavy atom. The number of fused-ring (bicyclic) bond motifs is 2. The second-order valence-corrected chi connectivity index (χ2v) is 6.51. The van der Waals surface area contributed by atoms with Crippen LogP contribution in [0.25, 0.3) is 0 Å². The summed E-state index contributed by atoms with van der Waals surface area (Å²) < 4.78 is 10.8. The van der Waals surface area contributed by atoms with Crippen molar-refractivity contribution in [2.75, 3.05) is 13.2 Å². The molecule has 0 radical (unpaired) electrons. The Bertz CT molecular complexity index is 416. The molecule has 2 aliphatic rings. The second-order valence-electron chi connectivity index (χ2n) is 6.51. The van der Waals surface area contributed by atoms with Gasteiger partial charge in [-0.05, 0) is 44.9 Å². The molecule has 4 nitrogen and oxygen atoms in total. The SMILES string of the molecule is CCCOC(=O)C1(C)C2C=CC(C2)C1(C)C(=O)OCCC. The molecule has 4 heteroatoms. The molecular weight excluding hydrogens is 268 g/mol. The van der Waals surface area contributed by atoms with E-state index in [1.165, 1.54) is 0 Å². The van der Waals surface area contributed by atoms with Gasteiger partial charge in [0.05, 0.1) is 24.0 Å². The number of carbonyl (C=O) groups excluding carboxylic acids is 2. The van der Waals surface area contributed by atoms with Gasteiger partial charge >= 0.3 is 11.9 Å². The van der Waals surface area contributed by atoms with Crippen molar-refractivity contribution < 1.29 is 19.1 Å². The van der Waals surface area contributed by atoms with Crippen LogP contribution in [0.1, 0.15) is 47.0 Å². The van der Waals surface area contributed by atoms with E-state index in [0.717, 1.165) is 19.3 Å². The first-order valence-electron chi connectivity index (χ1n) is 7.95. The predicted octanol–water partition coefficient (Wildman–Crippen LogP) is 3.11. The van der Waals surface area contributed by atoms with E-state index in [1.54, 1.807) is 0 Å². The fourth-order valence-electron chi connectivity index (χ4n) is 3.74. The van der Waals surface area contributed by atoms with Crippen molar-refractivity contribution in [3.05, 3.63) is 12.2 Å². The minimum Gasteiger partial charge on any atom is -0.465 e. The van der Waals surface area contributed by atoms with Gasteiger partial charge in [0.1, 0.15) is 0 Å². The van der Waals surface area contributed by atoms with Gasteiger partial charge in [0.25, 0.3) is 0 Å². The Morgan fingerprint density at radius 2 is 1.33 bits per heavy atom. The van der Waals surface area contributed by atoms with E-state index in [1.807, 2.05) is 27.7 Å². The monoisotopic (exact) mass is 294 g/mol. The van der Waals surface area contributed by atoms with Crippen LogP contribution in [0.3, 0.4) is 0 Å². The summed E-state index contributed by atoms with van der Waals surface area (Å²) in [5, 5.41) is 0. The summed E-state index contributed by atoms with van der Waals surface area (Å²) in [6.45, 7) is 8.46. The molecule has 0 N–H and O–H groups in total. The van der Waals surface area contributed by atoms with Crippen molar-refractivity contribution in [2.24, 2.45) is 22.7 Å². The van der Waals surface area contributed by atoms with Crippen molar-refractivity contribution in [1.82, 2.24) is 0 Å². The molecular formula is C17H26O4. The minimum atomic E-state index is -0.827. The maximum Gasteiger partial charge on any atom is 0.313 e. The van der Waals surface area contributed by atoms with Crippen LogP contribution in [0.15, 0.2) is 12.2 Å². The van der Waals surface area contributed by atoms with Gasteiger partial charge in [0.15, 0.2) is 0 Å². The molecule has 0 amide bonds. The zero-order valence-electron chi connectivity index (χ0n) is 13.5. The van der Waals surface area contributed by atoms with E-state index < -0.39 is 10.8 Å². The Hall–Kier alpha value is -1.32. The highest BCUT2D eigenvalue weighted by Gasteiger charge is 2.69. The van der Waals surface area contributed by atoms with Gasteiger partial charge in [-0.3, -0.25) is 9.59 Å². The molecule has 0 spiro atoms. The molecule has 1 saturated carbocycles. The van der Waals surface area contributed by atoms with Crippen molar-refractivity contribution in [2.45, 2.75) is 47.0 Å². The third-order valence-corrected chi connectivity index (χ3v) is 5.37. The average molecular weight is 294 g/mol. The predicted molar refractivity (Wildman–Crippen MR) is 79.5 cm³/mol. The Balaban J connectivity index is 2.30. The van der Waals surface area contributed by atoms with Crippen LogP contribution in [0.5, 0.6) is 0 Å². The molecule has 1 fully saturated rings. The lowest BCUT2D eigenvalue weighted by Gasteiger charge is -2.43. The largest absolute Gasteiger partial charge is 0.465 e. The number of carbonyl (C=O) groups is 2. The van der Waals surface area contributed by atoms with Crippen LogP contribution in [0.2, 0.25) is 0 Å². The van der Waals surface area contributed by atoms with Crippen molar-refractivity contribution in [3.63, 3.8) is 0 Å². The molecule has 2 aliphatic carbocycles. The van der Waals surface area contributed by atoms with E-state index >= 15 is 0 Å². The first kappa shape index (κ1) is 16.1. The molecule has 0 aliphatic heterocycles. The first-order valence-corrected chi connectivity index (χ1v) is 7.95. The molecule has 4 unspecified atom stereocenters. The van der Waals surface area contributed by atoms with Gasteiger partial charge < -0.3 is 9.47 Å². The van der Waals surface area contributed by atoms with Crippen LogP contribution < -0.4 is 0 Å². The Morgan fingerprint density at radius 3 is 1.67 bits per heavy atom. The standard InChI is InChI=1S/C17H26O4/c1-5-9-20-14(18)16(3)12-7-8-13(11-12)17(16,4)15(19)21-10-6-2/h7-8,12-13H,5-6,9-11H2,1-4H3. The summed E-state index contributed by atoms with van der Waals surface area (Å²) in [5.41, 5.74) is -1.65. The topological polar surface area (TPSA) is 52.6 Å².